The monoisotopic (exact) mass is 264 g/mol. The maximum atomic E-state index is 11.3. The molecule has 0 spiro atoms. The van der Waals surface area contributed by atoms with Gasteiger partial charge in [0.05, 0.1) is 13.8 Å². The number of piperidine rings is 1. The summed E-state index contributed by atoms with van der Waals surface area (Å²) in [6.45, 7) is 4.93. The molecule has 19 heavy (non-hydrogen) atoms. The summed E-state index contributed by atoms with van der Waals surface area (Å²) < 4.78 is 0. The second kappa shape index (κ2) is 7.29. The molecule has 0 aliphatic carbocycles. The molecule has 106 valence electrons. The van der Waals surface area contributed by atoms with Crippen LogP contribution in [0.5, 0.6) is 0 Å². The van der Waals surface area contributed by atoms with Crippen LogP contribution in [0, 0.1) is 17.8 Å². The molecule has 0 saturated carbocycles. The van der Waals surface area contributed by atoms with Crippen LogP contribution in [0.15, 0.2) is 0 Å². The van der Waals surface area contributed by atoms with Crippen molar-refractivity contribution in [3.63, 3.8) is 0 Å². The summed E-state index contributed by atoms with van der Waals surface area (Å²) in [6, 6.07) is 0. The first-order valence-corrected chi connectivity index (χ1v) is 7.56. The lowest BCUT2D eigenvalue weighted by molar-refractivity contribution is -0.142. The number of carbonyl (C=O) groups is 1. The Morgan fingerprint density at radius 2 is 2.26 bits per heavy atom. The van der Waals surface area contributed by atoms with Crippen LogP contribution in [0.3, 0.4) is 0 Å². The van der Waals surface area contributed by atoms with Crippen molar-refractivity contribution in [2.45, 2.75) is 32.0 Å². The Bertz CT molecular complexity index is 295. The standard InChI is InChI=1S/C14H25BN2O2/c15-5-1-4-12-9-17(10-13(12)14(18)19)8-11-3-2-6-16-7-11/h11-13,16H,1-10H2,(H,18,19)/t11?,12-,13+/m0/s1. The Kier molecular flexibility index (Phi) is 5.70. The third-order valence-corrected chi connectivity index (χ3v) is 4.53. The number of nitrogens with zero attached hydrogens (tertiary/aromatic N) is 1. The normalized spacial score (nSPS) is 32.5. The molecule has 0 bridgehead atoms. The van der Waals surface area contributed by atoms with Crippen LogP contribution in [-0.2, 0) is 4.79 Å². The van der Waals surface area contributed by atoms with Crippen LogP contribution in [0.25, 0.3) is 0 Å². The molecule has 2 saturated heterocycles. The van der Waals surface area contributed by atoms with Crippen LogP contribution in [-0.4, -0.2) is 56.5 Å². The summed E-state index contributed by atoms with van der Waals surface area (Å²) in [5, 5.41) is 12.8. The smallest absolute Gasteiger partial charge is 0.308 e. The van der Waals surface area contributed by atoms with Gasteiger partial charge >= 0.3 is 5.97 Å². The quantitative estimate of drug-likeness (QED) is 0.702. The molecule has 5 heteroatoms. The third-order valence-electron chi connectivity index (χ3n) is 4.53. The van der Waals surface area contributed by atoms with Gasteiger partial charge in [-0.1, -0.05) is 12.7 Å². The highest BCUT2D eigenvalue weighted by Gasteiger charge is 2.37. The fourth-order valence-electron chi connectivity index (χ4n) is 3.51. The molecule has 0 aromatic rings. The first-order valence-electron chi connectivity index (χ1n) is 7.56. The Morgan fingerprint density at radius 1 is 1.42 bits per heavy atom. The molecule has 2 aliphatic rings. The van der Waals surface area contributed by atoms with Crippen molar-refractivity contribution in [2.75, 3.05) is 32.7 Å². The van der Waals surface area contributed by atoms with Crippen molar-refractivity contribution in [1.82, 2.24) is 10.2 Å². The molecule has 2 aliphatic heterocycles. The lowest BCUT2D eigenvalue weighted by atomic mass is 9.88. The molecule has 2 fully saturated rings. The van der Waals surface area contributed by atoms with Crippen LogP contribution in [0.4, 0.5) is 0 Å². The Balaban J connectivity index is 1.83. The highest BCUT2D eigenvalue weighted by atomic mass is 16.4. The fraction of sp³-hybridized carbons (Fsp3) is 0.929. The van der Waals surface area contributed by atoms with E-state index in [2.05, 4.69) is 10.2 Å². The Morgan fingerprint density at radius 3 is 2.89 bits per heavy atom. The predicted molar refractivity (Wildman–Crippen MR) is 76.4 cm³/mol. The molecule has 2 N–H and O–H groups in total. The van der Waals surface area contributed by atoms with E-state index in [9.17, 15) is 9.90 Å². The van der Waals surface area contributed by atoms with Gasteiger partial charge in [0.25, 0.3) is 0 Å². The summed E-state index contributed by atoms with van der Waals surface area (Å²) in [6.07, 6.45) is 5.07. The summed E-state index contributed by atoms with van der Waals surface area (Å²) in [4.78, 5) is 13.7. The number of hydrogen-bond acceptors (Lipinski definition) is 3. The van der Waals surface area contributed by atoms with E-state index in [-0.39, 0.29) is 11.8 Å². The Hall–Kier alpha value is -0.545. The van der Waals surface area contributed by atoms with Crippen molar-refractivity contribution < 1.29 is 9.90 Å². The predicted octanol–water partition coefficient (Wildman–Crippen LogP) is 0.986. The molecule has 2 heterocycles. The van der Waals surface area contributed by atoms with Crippen LogP contribution < -0.4 is 5.32 Å². The van der Waals surface area contributed by atoms with Gasteiger partial charge < -0.3 is 15.3 Å². The minimum Gasteiger partial charge on any atom is -0.481 e. The Labute approximate surface area is 117 Å². The largest absolute Gasteiger partial charge is 0.481 e. The number of likely N-dealkylation sites (tertiary alicyclic amines) is 1. The summed E-state index contributed by atoms with van der Waals surface area (Å²) in [5.41, 5.74) is 0. The van der Waals surface area contributed by atoms with Crippen LogP contribution in [0.2, 0.25) is 6.32 Å². The average Bonchev–Trinajstić information content (AvgIpc) is 2.80. The number of nitrogens with one attached hydrogen (secondary N) is 1. The first-order chi connectivity index (χ1) is 9.20. The van der Waals surface area contributed by atoms with Crippen LogP contribution >= 0.6 is 0 Å². The number of aliphatic carboxylic acids is 1. The second-order valence-electron chi connectivity index (χ2n) is 6.07. The molecule has 4 nitrogen and oxygen atoms in total. The van der Waals surface area contributed by atoms with Gasteiger partial charge in [-0.2, -0.15) is 0 Å². The molecular weight excluding hydrogens is 239 g/mol. The molecular formula is C14H25BN2O2. The highest BCUT2D eigenvalue weighted by Crippen LogP contribution is 2.29. The summed E-state index contributed by atoms with van der Waals surface area (Å²) >= 11 is 0. The van der Waals surface area contributed by atoms with E-state index in [1.165, 1.54) is 12.8 Å². The number of carboxylic acids is 1. The van der Waals surface area contributed by atoms with Gasteiger partial charge in [0, 0.05) is 19.6 Å². The van der Waals surface area contributed by atoms with Crippen molar-refractivity contribution in [1.29, 1.82) is 0 Å². The maximum Gasteiger partial charge on any atom is 0.308 e. The third kappa shape index (κ3) is 4.21. The minimum atomic E-state index is -0.633. The van der Waals surface area contributed by atoms with E-state index in [0.29, 0.717) is 12.2 Å². The van der Waals surface area contributed by atoms with Gasteiger partial charge in [-0.3, -0.25) is 4.79 Å². The second-order valence-corrected chi connectivity index (χ2v) is 6.07. The molecule has 2 radical (unpaired) electrons. The lowest BCUT2D eigenvalue weighted by Gasteiger charge is -2.27. The summed E-state index contributed by atoms with van der Waals surface area (Å²) in [7, 11) is 5.54. The van der Waals surface area contributed by atoms with E-state index >= 15 is 0 Å². The van der Waals surface area contributed by atoms with Gasteiger partial charge in [-0.25, -0.2) is 0 Å². The molecule has 0 aromatic carbocycles. The number of carboxylic acid groups (broad SMARTS) is 1. The number of hydrogen-bond donors (Lipinski definition) is 2. The van der Waals surface area contributed by atoms with Gasteiger partial charge in [0.1, 0.15) is 0 Å². The molecule has 0 amide bonds. The summed E-state index contributed by atoms with van der Waals surface area (Å²) in [5.74, 6) is 0.156. The zero-order valence-electron chi connectivity index (χ0n) is 11.7. The molecule has 2 rings (SSSR count). The van der Waals surface area contributed by atoms with E-state index in [1.807, 2.05) is 0 Å². The van der Waals surface area contributed by atoms with Crippen LogP contribution in [0.1, 0.15) is 25.7 Å². The first kappa shape index (κ1) is 14.9. The topological polar surface area (TPSA) is 52.6 Å². The molecule has 0 aromatic heterocycles. The zero-order chi connectivity index (χ0) is 13.7. The van der Waals surface area contributed by atoms with Crippen molar-refractivity contribution in [3.05, 3.63) is 0 Å². The van der Waals surface area contributed by atoms with Crippen molar-refractivity contribution in [2.24, 2.45) is 17.8 Å². The molecule has 3 atom stereocenters. The maximum absolute atomic E-state index is 11.3. The van der Waals surface area contributed by atoms with Crippen molar-refractivity contribution >= 4 is 13.8 Å². The average molecular weight is 264 g/mol. The van der Waals surface area contributed by atoms with Gasteiger partial charge in [-0.05, 0) is 44.2 Å². The van der Waals surface area contributed by atoms with Crippen molar-refractivity contribution in [3.8, 4) is 0 Å². The molecule has 1 unspecified atom stereocenters. The van der Waals surface area contributed by atoms with E-state index < -0.39 is 5.97 Å². The van der Waals surface area contributed by atoms with Gasteiger partial charge in [0.2, 0.25) is 0 Å². The van der Waals surface area contributed by atoms with Gasteiger partial charge in [0.15, 0.2) is 0 Å². The van der Waals surface area contributed by atoms with Gasteiger partial charge in [-0.15, -0.1) is 0 Å². The minimum absolute atomic E-state index is 0.192. The lowest BCUT2D eigenvalue weighted by Crippen LogP contribution is -2.37. The highest BCUT2D eigenvalue weighted by molar-refractivity contribution is 6.08. The fourth-order valence-corrected chi connectivity index (χ4v) is 3.51. The van der Waals surface area contributed by atoms with E-state index in [0.717, 1.165) is 45.6 Å². The SMILES string of the molecule is [B]CCC[C@H]1CN(CC2CCCNC2)C[C@H]1C(=O)O. The zero-order valence-corrected chi connectivity index (χ0v) is 11.7. The van der Waals surface area contributed by atoms with E-state index in [4.69, 9.17) is 7.85 Å². The van der Waals surface area contributed by atoms with E-state index in [1.54, 1.807) is 0 Å². The number of rotatable bonds is 6.